The van der Waals surface area contributed by atoms with Crippen molar-refractivity contribution < 1.29 is 5.11 Å². The molecule has 2 rings (SSSR count). The number of hydrogen-bond donors (Lipinski definition) is 1. The average molecular weight is 171 g/mol. The summed E-state index contributed by atoms with van der Waals surface area (Å²) >= 11 is 0. The fraction of sp³-hybridized carbons (Fsp3) is 0.0833. The van der Waals surface area contributed by atoms with Crippen LogP contribution in [-0.2, 0) is 5.60 Å². The van der Waals surface area contributed by atoms with E-state index in [1.807, 2.05) is 48.6 Å². The first-order valence-electron chi connectivity index (χ1n) is 4.29. The average Bonchev–Trinajstić information content (AvgIpc) is 2.20. The summed E-state index contributed by atoms with van der Waals surface area (Å²) in [4.78, 5) is 0. The lowest BCUT2D eigenvalue weighted by Gasteiger charge is -2.24. The van der Waals surface area contributed by atoms with Crippen LogP contribution < -0.4 is 0 Å². The maximum Gasteiger partial charge on any atom is 0.115 e. The minimum absolute atomic E-state index is 0.899. The predicted octanol–water partition coefficient (Wildman–Crippen LogP) is 2.20. The zero-order chi connectivity index (χ0) is 9.15. The molecule has 0 saturated carbocycles. The van der Waals surface area contributed by atoms with Gasteiger partial charge in [-0.05, 0) is 11.6 Å². The molecule has 0 heterocycles. The van der Waals surface area contributed by atoms with E-state index in [0.717, 1.165) is 5.56 Å². The van der Waals surface area contributed by atoms with Crippen LogP contribution in [0, 0.1) is 6.42 Å². The second-order valence-electron chi connectivity index (χ2n) is 3.10. The van der Waals surface area contributed by atoms with Crippen LogP contribution in [0.2, 0.25) is 0 Å². The van der Waals surface area contributed by atoms with Gasteiger partial charge in [0.05, 0.1) is 0 Å². The van der Waals surface area contributed by atoms with Crippen molar-refractivity contribution in [1.82, 2.24) is 0 Å². The Labute approximate surface area is 78.0 Å². The minimum atomic E-state index is -0.921. The lowest BCUT2D eigenvalue weighted by Crippen LogP contribution is -2.23. The molecule has 1 atom stereocenters. The van der Waals surface area contributed by atoms with Gasteiger partial charge < -0.3 is 5.11 Å². The monoisotopic (exact) mass is 171 g/mol. The third-order valence-electron chi connectivity index (χ3n) is 2.16. The van der Waals surface area contributed by atoms with Gasteiger partial charge in [-0.15, -0.1) is 0 Å². The van der Waals surface area contributed by atoms with E-state index >= 15 is 0 Å². The fourth-order valence-corrected chi connectivity index (χ4v) is 1.42. The summed E-state index contributed by atoms with van der Waals surface area (Å²) < 4.78 is 0. The fourth-order valence-electron chi connectivity index (χ4n) is 1.42. The summed E-state index contributed by atoms with van der Waals surface area (Å²) in [5.41, 5.74) is -0.0219. The van der Waals surface area contributed by atoms with Crippen molar-refractivity contribution >= 4 is 0 Å². The highest BCUT2D eigenvalue weighted by Crippen LogP contribution is 2.28. The third kappa shape index (κ3) is 1.56. The lowest BCUT2D eigenvalue weighted by atomic mass is 9.88. The van der Waals surface area contributed by atoms with Gasteiger partial charge in [0.1, 0.15) is 5.60 Å². The van der Waals surface area contributed by atoms with Crippen molar-refractivity contribution in [3.05, 3.63) is 66.6 Å². The van der Waals surface area contributed by atoms with E-state index in [-0.39, 0.29) is 0 Å². The molecular formula is C12H11O. The molecule has 1 nitrogen and oxygen atoms in total. The van der Waals surface area contributed by atoms with Crippen LogP contribution in [0.1, 0.15) is 5.56 Å². The molecule has 1 N–H and O–H groups in total. The van der Waals surface area contributed by atoms with Crippen molar-refractivity contribution in [2.24, 2.45) is 0 Å². The zero-order valence-electron chi connectivity index (χ0n) is 7.22. The molecule has 0 fully saturated rings. The van der Waals surface area contributed by atoms with E-state index in [1.54, 1.807) is 12.5 Å². The summed E-state index contributed by atoms with van der Waals surface area (Å²) in [6.07, 6.45) is 9.17. The molecule has 13 heavy (non-hydrogen) atoms. The molecule has 0 aliphatic heterocycles. The second kappa shape index (κ2) is 3.19. The molecule has 1 unspecified atom stereocenters. The highest BCUT2D eigenvalue weighted by Gasteiger charge is 2.25. The predicted molar refractivity (Wildman–Crippen MR) is 52.9 cm³/mol. The summed E-state index contributed by atoms with van der Waals surface area (Å²) in [5, 5.41) is 10.1. The summed E-state index contributed by atoms with van der Waals surface area (Å²) in [5.74, 6) is 0. The van der Waals surface area contributed by atoms with Crippen LogP contribution >= 0.6 is 0 Å². The van der Waals surface area contributed by atoms with Gasteiger partial charge >= 0.3 is 0 Å². The van der Waals surface area contributed by atoms with E-state index in [9.17, 15) is 5.11 Å². The van der Waals surface area contributed by atoms with Gasteiger partial charge in [0.15, 0.2) is 0 Å². The third-order valence-corrected chi connectivity index (χ3v) is 2.16. The molecule has 1 heteroatoms. The standard InChI is InChI=1S/C12H11O/c13-12(9-5-2-6-10-12)11-7-3-1-4-8-11/h1-10,13H. The number of aliphatic hydroxyl groups is 1. The highest BCUT2D eigenvalue weighted by molar-refractivity contribution is 5.37. The van der Waals surface area contributed by atoms with Crippen LogP contribution in [0.15, 0.2) is 54.6 Å². The highest BCUT2D eigenvalue weighted by atomic mass is 16.3. The normalized spacial score (nSPS) is 26.2. The van der Waals surface area contributed by atoms with E-state index < -0.39 is 5.60 Å². The first kappa shape index (κ1) is 8.27. The maximum absolute atomic E-state index is 10.1. The lowest BCUT2D eigenvalue weighted by molar-refractivity contribution is 0.129. The van der Waals surface area contributed by atoms with E-state index in [2.05, 4.69) is 0 Å². The van der Waals surface area contributed by atoms with Crippen molar-refractivity contribution in [3.8, 4) is 0 Å². The SMILES string of the molecule is OC1(c2ccccc2)[CH]C=CC=C1. The van der Waals surface area contributed by atoms with Crippen LogP contribution in [0.3, 0.4) is 0 Å². The molecule has 0 amide bonds. The molecule has 1 aromatic carbocycles. The molecule has 1 aliphatic carbocycles. The van der Waals surface area contributed by atoms with Gasteiger partial charge in [-0.1, -0.05) is 48.6 Å². The summed E-state index contributed by atoms with van der Waals surface area (Å²) in [6.45, 7) is 0. The van der Waals surface area contributed by atoms with Crippen LogP contribution in [-0.4, -0.2) is 5.11 Å². The van der Waals surface area contributed by atoms with Gasteiger partial charge in [0.25, 0.3) is 0 Å². The smallest absolute Gasteiger partial charge is 0.115 e. The molecule has 1 aliphatic rings. The van der Waals surface area contributed by atoms with Crippen LogP contribution in [0.4, 0.5) is 0 Å². The quantitative estimate of drug-likeness (QED) is 0.686. The second-order valence-corrected chi connectivity index (χ2v) is 3.10. The topological polar surface area (TPSA) is 20.2 Å². The number of hydrogen-bond acceptors (Lipinski definition) is 1. The van der Waals surface area contributed by atoms with Gasteiger partial charge in [0.2, 0.25) is 0 Å². The van der Waals surface area contributed by atoms with Gasteiger partial charge in [-0.2, -0.15) is 0 Å². The Balaban J connectivity index is 2.35. The van der Waals surface area contributed by atoms with Crippen molar-refractivity contribution in [1.29, 1.82) is 0 Å². The first-order valence-corrected chi connectivity index (χ1v) is 4.29. The van der Waals surface area contributed by atoms with E-state index in [0.29, 0.717) is 0 Å². The Hall–Kier alpha value is -1.34. The van der Waals surface area contributed by atoms with E-state index in [4.69, 9.17) is 0 Å². The van der Waals surface area contributed by atoms with Crippen LogP contribution in [0.5, 0.6) is 0 Å². The van der Waals surface area contributed by atoms with Crippen molar-refractivity contribution in [3.63, 3.8) is 0 Å². The molecule has 0 spiro atoms. The molecule has 65 valence electrons. The number of benzene rings is 1. The Morgan fingerprint density at radius 3 is 2.31 bits per heavy atom. The summed E-state index contributed by atoms with van der Waals surface area (Å²) in [6, 6.07) is 9.62. The Morgan fingerprint density at radius 1 is 0.923 bits per heavy atom. The Morgan fingerprint density at radius 2 is 1.69 bits per heavy atom. The molecule has 1 aromatic rings. The van der Waals surface area contributed by atoms with Gasteiger partial charge in [-0.25, -0.2) is 0 Å². The van der Waals surface area contributed by atoms with Gasteiger partial charge in [0, 0.05) is 6.42 Å². The molecular weight excluding hydrogens is 160 g/mol. The van der Waals surface area contributed by atoms with E-state index in [1.165, 1.54) is 0 Å². The molecule has 0 bridgehead atoms. The molecule has 0 aromatic heterocycles. The Kier molecular flexibility index (Phi) is 2.03. The van der Waals surface area contributed by atoms with Crippen LogP contribution in [0.25, 0.3) is 0 Å². The summed E-state index contributed by atoms with van der Waals surface area (Å²) in [7, 11) is 0. The molecule has 0 saturated heterocycles. The first-order chi connectivity index (χ1) is 6.31. The van der Waals surface area contributed by atoms with Crippen molar-refractivity contribution in [2.75, 3.05) is 0 Å². The molecule has 1 radical (unpaired) electrons. The maximum atomic E-state index is 10.1. The minimum Gasteiger partial charge on any atom is -0.380 e. The largest absolute Gasteiger partial charge is 0.380 e. The zero-order valence-corrected chi connectivity index (χ0v) is 7.22. The Bertz CT molecular complexity index is 337. The number of rotatable bonds is 1. The van der Waals surface area contributed by atoms with Gasteiger partial charge in [-0.3, -0.25) is 0 Å². The number of allylic oxidation sites excluding steroid dienone is 2. The van der Waals surface area contributed by atoms with Crippen molar-refractivity contribution in [2.45, 2.75) is 5.60 Å².